The maximum absolute atomic E-state index is 12.8. The molecule has 0 spiro atoms. The fraction of sp³-hybridized carbons (Fsp3) is 0.0370. The van der Waals surface area contributed by atoms with Crippen LogP contribution in [-0.4, -0.2) is 5.91 Å². The summed E-state index contributed by atoms with van der Waals surface area (Å²) in [7, 11) is 0. The highest BCUT2D eigenvalue weighted by molar-refractivity contribution is 6.31. The van der Waals surface area contributed by atoms with Crippen LogP contribution < -0.4 is 10.1 Å². The molecule has 0 unspecified atom stereocenters. The predicted octanol–water partition coefficient (Wildman–Crippen LogP) is 7.27. The lowest BCUT2D eigenvalue weighted by molar-refractivity contribution is -0.112. The number of amides is 1. The number of hydrogen-bond donors (Lipinski definition) is 1. The molecule has 0 bridgehead atoms. The van der Waals surface area contributed by atoms with E-state index in [-0.39, 0.29) is 12.2 Å². The van der Waals surface area contributed by atoms with Crippen LogP contribution in [0.3, 0.4) is 0 Å². The van der Waals surface area contributed by atoms with Gasteiger partial charge in [-0.1, -0.05) is 71.7 Å². The lowest BCUT2D eigenvalue weighted by Gasteiger charge is -2.13. The van der Waals surface area contributed by atoms with Crippen LogP contribution >= 0.6 is 23.2 Å². The topological polar surface area (TPSA) is 62.1 Å². The molecule has 4 rings (SSSR count). The second-order valence-corrected chi connectivity index (χ2v) is 8.12. The zero-order chi connectivity index (χ0) is 23.2. The van der Waals surface area contributed by atoms with Gasteiger partial charge in [0.1, 0.15) is 24.0 Å². The van der Waals surface area contributed by atoms with Crippen molar-refractivity contribution in [1.29, 1.82) is 5.26 Å². The zero-order valence-electron chi connectivity index (χ0n) is 17.4. The van der Waals surface area contributed by atoms with Gasteiger partial charge in [0.15, 0.2) is 0 Å². The summed E-state index contributed by atoms with van der Waals surface area (Å²) in [6.07, 6.45) is 1.55. The quantitative estimate of drug-likeness (QED) is 0.237. The van der Waals surface area contributed by atoms with Gasteiger partial charge in [0.2, 0.25) is 0 Å². The average molecular weight is 473 g/mol. The number of fused-ring (bicyclic) bond motifs is 1. The SMILES string of the molecule is N#C/C(=C\c1c(OCc2cccc(Cl)c2)ccc2ccccc12)C(=O)Nc1cccc(Cl)c1. The zero-order valence-corrected chi connectivity index (χ0v) is 18.9. The van der Waals surface area contributed by atoms with E-state index in [1.165, 1.54) is 0 Å². The first-order valence-electron chi connectivity index (χ1n) is 10.1. The molecule has 33 heavy (non-hydrogen) atoms. The predicted molar refractivity (Wildman–Crippen MR) is 133 cm³/mol. The van der Waals surface area contributed by atoms with Crippen LogP contribution in [0.25, 0.3) is 16.8 Å². The molecule has 0 saturated carbocycles. The largest absolute Gasteiger partial charge is 0.488 e. The summed E-state index contributed by atoms with van der Waals surface area (Å²) in [5, 5.41) is 15.4. The summed E-state index contributed by atoms with van der Waals surface area (Å²) >= 11 is 12.1. The van der Waals surface area contributed by atoms with Crippen molar-refractivity contribution >= 4 is 51.6 Å². The van der Waals surface area contributed by atoms with Crippen LogP contribution in [0.4, 0.5) is 5.69 Å². The van der Waals surface area contributed by atoms with Crippen LogP contribution in [0.15, 0.2) is 90.5 Å². The Bertz CT molecular complexity index is 1410. The van der Waals surface area contributed by atoms with Crippen LogP contribution in [0, 0.1) is 11.3 Å². The minimum atomic E-state index is -0.534. The monoisotopic (exact) mass is 472 g/mol. The fourth-order valence-electron chi connectivity index (χ4n) is 3.40. The van der Waals surface area contributed by atoms with E-state index in [4.69, 9.17) is 27.9 Å². The highest BCUT2D eigenvalue weighted by Crippen LogP contribution is 2.31. The van der Waals surface area contributed by atoms with Gasteiger partial charge in [-0.3, -0.25) is 4.79 Å². The van der Waals surface area contributed by atoms with Crippen LogP contribution in [0.2, 0.25) is 10.0 Å². The molecule has 0 radical (unpaired) electrons. The van der Waals surface area contributed by atoms with E-state index in [2.05, 4.69) is 5.32 Å². The molecule has 1 N–H and O–H groups in total. The first kappa shape index (κ1) is 22.4. The van der Waals surface area contributed by atoms with Gasteiger partial charge in [-0.25, -0.2) is 0 Å². The van der Waals surface area contributed by atoms with Crippen molar-refractivity contribution in [2.75, 3.05) is 5.32 Å². The normalized spacial score (nSPS) is 11.1. The van der Waals surface area contributed by atoms with E-state index in [0.29, 0.717) is 27.0 Å². The summed E-state index contributed by atoms with van der Waals surface area (Å²) in [5.74, 6) is 0.0190. The van der Waals surface area contributed by atoms with Gasteiger partial charge < -0.3 is 10.1 Å². The Kier molecular flexibility index (Phi) is 6.95. The molecule has 0 aromatic heterocycles. The second kappa shape index (κ2) is 10.2. The number of benzene rings is 4. The van der Waals surface area contributed by atoms with E-state index in [9.17, 15) is 10.1 Å². The molecule has 1 amide bonds. The van der Waals surface area contributed by atoms with Gasteiger partial charge in [-0.05, 0) is 58.8 Å². The number of anilines is 1. The van der Waals surface area contributed by atoms with E-state index in [0.717, 1.165) is 16.3 Å². The second-order valence-electron chi connectivity index (χ2n) is 7.25. The molecule has 4 aromatic rings. The van der Waals surface area contributed by atoms with Crippen molar-refractivity contribution in [3.8, 4) is 11.8 Å². The Morgan fingerprint density at radius 1 is 0.939 bits per heavy atom. The third kappa shape index (κ3) is 5.53. The van der Waals surface area contributed by atoms with E-state index in [1.807, 2.05) is 60.7 Å². The van der Waals surface area contributed by atoms with E-state index in [1.54, 1.807) is 36.4 Å². The van der Waals surface area contributed by atoms with Crippen molar-refractivity contribution in [3.05, 3.63) is 112 Å². The molecular weight excluding hydrogens is 455 g/mol. The summed E-state index contributed by atoms with van der Waals surface area (Å²) in [4.78, 5) is 12.8. The minimum absolute atomic E-state index is 0.0565. The molecule has 6 heteroatoms. The maximum atomic E-state index is 12.8. The Morgan fingerprint density at radius 2 is 1.70 bits per heavy atom. The fourth-order valence-corrected chi connectivity index (χ4v) is 3.80. The lowest BCUT2D eigenvalue weighted by atomic mass is 10.0. The number of carbonyl (C=O) groups is 1. The van der Waals surface area contributed by atoms with Gasteiger partial charge in [-0.2, -0.15) is 5.26 Å². The van der Waals surface area contributed by atoms with E-state index >= 15 is 0 Å². The summed E-state index contributed by atoms with van der Waals surface area (Å²) in [5.41, 5.74) is 2.00. The van der Waals surface area contributed by atoms with Crippen molar-refractivity contribution in [1.82, 2.24) is 0 Å². The lowest BCUT2D eigenvalue weighted by Crippen LogP contribution is -2.13. The first-order chi connectivity index (χ1) is 16.0. The number of halogens is 2. The smallest absolute Gasteiger partial charge is 0.266 e. The Morgan fingerprint density at radius 3 is 2.45 bits per heavy atom. The number of rotatable bonds is 6. The van der Waals surface area contributed by atoms with Crippen molar-refractivity contribution in [3.63, 3.8) is 0 Å². The molecule has 0 atom stereocenters. The molecule has 0 aliphatic heterocycles. The highest BCUT2D eigenvalue weighted by Gasteiger charge is 2.14. The van der Waals surface area contributed by atoms with Gasteiger partial charge in [0, 0.05) is 21.3 Å². The third-order valence-corrected chi connectivity index (χ3v) is 5.42. The molecule has 0 aliphatic rings. The van der Waals surface area contributed by atoms with Crippen molar-refractivity contribution in [2.24, 2.45) is 0 Å². The van der Waals surface area contributed by atoms with Gasteiger partial charge >= 0.3 is 0 Å². The van der Waals surface area contributed by atoms with Crippen molar-refractivity contribution < 1.29 is 9.53 Å². The van der Waals surface area contributed by atoms with Crippen LogP contribution in [0.1, 0.15) is 11.1 Å². The van der Waals surface area contributed by atoms with Gasteiger partial charge in [-0.15, -0.1) is 0 Å². The molecule has 4 nitrogen and oxygen atoms in total. The summed E-state index contributed by atoms with van der Waals surface area (Å²) in [6, 6.07) is 27.7. The summed E-state index contributed by atoms with van der Waals surface area (Å²) in [6.45, 7) is 0.288. The molecule has 0 fully saturated rings. The molecule has 0 aliphatic carbocycles. The Labute approximate surface area is 201 Å². The Balaban J connectivity index is 1.70. The summed E-state index contributed by atoms with van der Waals surface area (Å²) < 4.78 is 6.08. The molecule has 4 aromatic carbocycles. The highest BCUT2D eigenvalue weighted by atomic mass is 35.5. The van der Waals surface area contributed by atoms with Crippen LogP contribution in [0.5, 0.6) is 5.75 Å². The third-order valence-electron chi connectivity index (χ3n) is 4.95. The Hall–Kier alpha value is -3.78. The molecule has 162 valence electrons. The number of nitriles is 1. The van der Waals surface area contributed by atoms with Gasteiger partial charge in [0.05, 0.1) is 0 Å². The number of nitrogens with one attached hydrogen (secondary N) is 1. The number of carbonyl (C=O) groups excluding carboxylic acids is 1. The first-order valence-corrected chi connectivity index (χ1v) is 10.9. The van der Waals surface area contributed by atoms with Crippen molar-refractivity contribution in [2.45, 2.75) is 6.61 Å². The molecular formula is C27H18Cl2N2O2. The number of hydrogen-bond acceptors (Lipinski definition) is 3. The maximum Gasteiger partial charge on any atom is 0.266 e. The van der Waals surface area contributed by atoms with Gasteiger partial charge in [0.25, 0.3) is 5.91 Å². The number of nitrogens with zero attached hydrogens (tertiary/aromatic N) is 1. The molecule has 0 saturated heterocycles. The molecule has 0 heterocycles. The minimum Gasteiger partial charge on any atom is -0.488 e. The standard InChI is InChI=1S/C27H18Cl2N2O2/c28-21-7-3-5-18(13-21)17-33-26-12-11-19-6-1-2-10-24(19)25(26)14-20(16-30)27(32)31-23-9-4-8-22(29)15-23/h1-15H,17H2,(H,31,32)/b20-14+. The number of ether oxygens (including phenoxy) is 1. The van der Waals surface area contributed by atoms with Crippen LogP contribution in [-0.2, 0) is 11.4 Å². The van der Waals surface area contributed by atoms with E-state index < -0.39 is 5.91 Å². The average Bonchev–Trinajstić information content (AvgIpc) is 2.81.